The molecule has 1 atom stereocenters. The molecule has 0 amide bonds. The van der Waals surface area contributed by atoms with Gasteiger partial charge in [-0.15, -0.1) is 0 Å². The first-order valence-corrected chi connectivity index (χ1v) is 7.08. The van der Waals surface area contributed by atoms with Crippen LogP contribution in [0.3, 0.4) is 0 Å². The van der Waals surface area contributed by atoms with Gasteiger partial charge in [0.15, 0.2) is 0 Å². The summed E-state index contributed by atoms with van der Waals surface area (Å²) < 4.78 is 2.99. The van der Waals surface area contributed by atoms with E-state index < -0.39 is 0 Å². The Labute approximate surface area is 117 Å². The standard InChI is InChI=1S/C16H18N2O2/c1-2-8-17-9-7-15(19)18(16(17)20)11-13-10-12-5-3-4-6-14(12)13/h3-7,9,13H,2,8,10-11H2,1H3. The zero-order chi connectivity index (χ0) is 14.1. The van der Waals surface area contributed by atoms with Crippen LogP contribution in [-0.4, -0.2) is 9.13 Å². The topological polar surface area (TPSA) is 44.0 Å². The van der Waals surface area contributed by atoms with E-state index in [1.165, 1.54) is 21.8 Å². The lowest BCUT2D eigenvalue weighted by Gasteiger charge is -2.30. The maximum Gasteiger partial charge on any atom is 0.330 e. The molecule has 1 aromatic carbocycles. The summed E-state index contributed by atoms with van der Waals surface area (Å²) in [4.78, 5) is 24.2. The van der Waals surface area contributed by atoms with Crippen LogP contribution in [0.4, 0.5) is 0 Å². The molecule has 4 nitrogen and oxygen atoms in total. The van der Waals surface area contributed by atoms with Gasteiger partial charge >= 0.3 is 5.69 Å². The molecule has 20 heavy (non-hydrogen) atoms. The summed E-state index contributed by atoms with van der Waals surface area (Å²) in [5.41, 5.74) is 2.20. The molecule has 1 aromatic heterocycles. The van der Waals surface area contributed by atoms with Crippen molar-refractivity contribution in [2.45, 2.75) is 38.8 Å². The molecule has 0 aliphatic heterocycles. The van der Waals surface area contributed by atoms with Crippen LogP contribution in [0.25, 0.3) is 0 Å². The molecule has 0 spiro atoms. The fourth-order valence-electron chi connectivity index (χ4n) is 2.88. The molecule has 1 aliphatic carbocycles. The summed E-state index contributed by atoms with van der Waals surface area (Å²) >= 11 is 0. The molecule has 0 bridgehead atoms. The molecule has 1 aliphatic rings. The summed E-state index contributed by atoms with van der Waals surface area (Å²) in [5, 5.41) is 0. The molecule has 104 valence electrons. The number of hydrogen-bond donors (Lipinski definition) is 0. The van der Waals surface area contributed by atoms with E-state index in [0.717, 1.165) is 12.8 Å². The normalized spacial score (nSPS) is 16.6. The Morgan fingerprint density at radius 3 is 2.75 bits per heavy atom. The van der Waals surface area contributed by atoms with Crippen molar-refractivity contribution >= 4 is 0 Å². The summed E-state index contributed by atoms with van der Waals surface area (Å²) in [6, 6.07) is 9.71. The van der Waals surface area contributed by atoms with Crippen molar-refractivity contribution in [2.24, 2.45) is 0 Å². The summed E-state index contributed by atoms with van der Waals surface area (Å²) in [6.07, 6.45) is 3.43. The fourth-order valence-corrected chi connectivity index (χ4v) is 2.88. The van der Waals surface area contributed by atoms with Crippen molar-refractivity contribution in [3.05, 3.63) is 68.5 Å². The van der Waals surface area contributed by atoms with Crippen LogP contribution >= 0.6 is 0 Å². The van der Waals surface area contributed by atoms with Crippen molar-refractivity contribution in [3.63, 3.8) is 0 Å². The van der Waals surface area contributed by atoms with Gasteiger partial charge in [-0.2, -0.15) is 0 Å². The first-order valence-electron chi connectivity index (χ1n) is 7.08. The summed E-state index contributed by atoms with van der Waals surface area (Å²) in [6.45, 7) is 3.16. The second kappa shape index (κ2) is 5.12. The molecule has 4 heteroatoms. The Kier molecular flexibility index (Phi) is 3.30. The monoisotopic (exact) mass is 270 g/mol. The third-order valence-electron chi connectivity index (χ3n) is 3.97. The molecular formula is C16H18N2O2. The maximum absolute atomic E-state index is 12.3. The molecule has 0 saturated carbocycles. The number of benzene rings is 1. The van der Waals surface area contributed by atoms with Gasteiger partial charge in [-0.25, -0.2) is 4.79 Å². The Hall–Kier alpha value is -2.10. The van der Waals surface area contributed by atoms with E-state index in [1.807, 2.05) is 19.1 Å². The van der Waals surface area contributed by atoms with E-state index in [-0.39, 0.29) is 17.2 Å². The number of hydrogen-bond acceptors (Lipinski definition) is 2. The average Bonchev–Trinajstić information content (AvgIpc) is 2.42. The van der Waals surface area contributed by atoms with Gasteiger partial charge in [0.25, 0.3) is 5.56 Å². The highest BCUT2D eigenvalue weighted by molar-refractivity contribution is 5.39. The van der Waals surface area contributed by atoms with Gasteiger partial charge in [-0.3, -0.25) is 9.36 Å². The van der Waals surface area contributed by atoms with Gasteiger partial charge in [0, 0.05) is 31.3 Å². The van der Waals surface area contributed by atoms with Crippen LogP contribution in [0.15, 0.2) is 46.1 Å². The van der Waals surface area contributed by atoms with Crippen LogP contribution in [0, 0.1) is 0 Å². The SMILES string of the molecule is CCCn1ccc(=O)n(CC2Cc3ccccc32)c1=O. The van der Waals surface area contributed by atoms with Crippen molar-refractivity contribution < 1.29 is 0 Å². The van der Waals surface area contributed by atoms with Gasteiger partial charge < -0.3 is 4.57 Å². The number of aryl methyl sites for hydroxylation is 1. The largest absolute Gasteiger partial charge is 0.330 e. The predicted molar refractivity (Wildman–Crippen MR) is 78.1 cm³/mol. The molecule has 3 rings (SSSR count). The van der Waals surface area contributed by atoms with Crippen LogP contribution in [-0.2, 0) is 19.5 Å². The Morgan fingerprint density at radius 2 is 2.00 bits per heavy atom. The van der Waals surface area contributed by atoms with Gasteiger partial charge in [-0.1, -0.05) is 31.2 Å². The predicted octanol–water partition coefficient (Wildman–Crippen LogP) is 1.76. The van der Waals surface area contributed by atoms with Crippen LogP contribution in [0.2, 0.25) is 0 Å². The highest BCUT2D eigenvalue weighted by atomic mass is 16.2. The number of rotatable bonds is 4. The Morgan fingerprint density at radius 1 is 1.20 bits per heavy atom. The van der Waals surface area contributed by atoms with E-state index >= 15 is 0 Å². The smallest absolute Gasteiger partial charge is 0.300 e. The van der Waals surface area contributed by atoms with E-state index in [1.54, 1.807) is 10.8 Å². The lowest BCUT2D eigenvalue weighted by molar-refractivity contribution is 0.461. The Balaban J connectivity index is 1.91. The third-order valence-corrected chi connectivity index (χ3v) is 3.97. The second-order valence-corrected chi connectivity index (χ2v) is 5.34. The second-order valence-electron chi connectivity index (χ2n) is 5.34. The van der Waals surface area contributed by atoms with Gasteiger partial charge in [0.1, 0.15) is 0 Å². The van der Waals surface area contributed by atoms with E-state index in [2.05, 4.69) is 12.1 Å². The molecular weight excluding hydrogens is 252 g/mol. The molecule has 2 aromatic rings. The van der Waals surface area contributed by atoms with Crippen molar-refractivity contribution in [2.75, 3.05) is 0 Å². The molecule has 1 heterocycles. The highest BCUT2D eigenvalue weighted by Crippen LogP contribution is 2.35. The van der Waals surface area contributed by atoms with Gasteiger partial charge in [0.2, 0.25) is 0 Å². The number of fused-ring (bicyclic) bond motifs is 1. The van der Waals surface area contributed by atoms with E-state index in [9.17, 15) is 9.59 Å². The highest BCUT2D eigenvalue weighted by Gasteiger charge is 2.26. The van der Waals surface area contributed by atoms with E-state index in [4.69, 9.17) is 0 Å². The lowest BCUT2D eigenvalue weighted by atomic mass is 9.77. The zero-order valence-corrected chi connectivity index (χ0v) is 11.6. The fraction of sp³-hybridized carbons (Fsp3) is 0.375. The first kappa shape index (κ1) is 12.9. The average molecular weight is 270 g/mol. The van der Waals surface area contributed by atoms with Gasteiger partial charge in [-0.05, 0) is 24.0 Å². The zero-order valence-electron chi connectivity index (χ0n) is 11.6. The molecule has 0 fully saturated rings. The molecule has 0 radical (unpaired) electrons. The first-order chi connectivity index (χ1) is 9.70. The number of nitrogens with zero attached hydrogens (tertiary/aromatic N) is 2. The van der Waals surface area contributed by atoms with Crippen LogP contribution in [0.1, 0.15) is 30.4 Å². The molecule has 0 saturated heterocycles. The summed E-state index contributed by atoms with van der Waals surface area (Å²) in [7, 11) is 0. The van der Waals surface area contributed by atoms with Crippen LogP contribution in [0.5, 0.6) is 0 Å². The van der Waals surface area contributed by atoms with Gasteiger partial charge in [0.05, 0.1) is 0 Å². The van der Waals surface area contributed by atoms with E-state index in [0.29, 0.717) is 13.1 Å². The quantitative estimate of drug-likeness (QED) is 0.849. The van der Waals surface area contributed by atoms with Crippen LogP contribution < -0.4 is 11.2 Å². The lowest BCUT2D eigenvalue weighted by Crippen LogP contribution is -2.41. The minimum Gasteiger partial charge on any atom is -0.300 e. The number of aromatic nitrogens is 2. The summed E-state index contributed by atoms with van der Waals surface area (Å²) in [5.74, 6) is 0.286. The molecule has 1 unspecified atom stereocenters. The third kappa shape index (κ3) is 2.11. The molecule has 0 N–H and O–H groups in total. The van der Waals surface area contributed by atoms with Crippen molar-refractivity contribution in [1.82, 2.24) is 9.13 Å². The Bertz CT molecular complexity index is 743. The minimum absolute atomic E-state index is 0.191. The van der Waals surface area contributed by atoms with Crippen molar-refractivity contribution in [1.29, 1.82) is 0 Å². The maximum atomic E-state index is 12.3. The van der Waals surface area contributed by atoms with Crippen molar-refractivity contribution in [3.8, 4) is 0 Å². The minimum atomic E-state index is -0.202.